The average molecular weight is 1530 g/mol. The summed E-state index contributed by atoms with van der Waals surface area (Å²) in [5.41, 5.74) is -7.22. The number of aliphatic hydroxyl groups excluding tert-OH is 2. The summed E-state index contributed by atoms with van der Waals surface area (Å²) in [6.07, 6.45) is 20.1. The van der Waals surface area contributed by atoms with E-state index in [0.29, 0.717) is 18.4 Å². The largest absolute Gasteiger partial charge is 0.461 e. The third kappa shape index (κ3) is 15.7. The molecule has 2 radical (unpaired) electrons. The zero-order chi connectivity index (χ0) is 56.8. The number of esters is 3. The van der Waals surface area contributed by atoms with E-state index in [1.165, 1.54) is 26.0 Å². The van der Waals surface area contributed by atoms with Crippen LogP contribution >= 0.6 is 0 Å². The molecule has 1 saturated heterocycles. The predicted molar refractivity (Wildman–Crippen MR) is 300 cm³/mol. The van der Waals surface area contributed by atoms with Gasteiger partial charge in [0.05, 0.1) is 29.7 Å². The molecule has 3 aliphatic carbocycles. The van der Waals surface area contributed by atoms with Crippen molar-refractivity contribution in [1.29, 1.82) is 0 Å². The number of carbonyl (C=O) groups excluding carboxylic acids is 5. The van der Waals surface area contributed by atoms with Gasteiger partial charge in [0.15, 0.2) is 11.9 Å². The van der Waals surface area contributed by atoms with E-state index < -0.39 is 107 Å². The van der Waals surface area contributed by atoms with Gasteiger partial charge in [0, 0.05) is 124 Å². The zero-order valence-electron chi connectivity index (χ0n) is 47.1. The topological polar surface area (TPSA) is 215 Å². The third-order valence-corrected chi connectivity index (χ3v) is 16.3. The monoisotopic (exact) mass is 1530 g/mol. The summed E-state index contributed by atoms with van der Waals surface area (Å²) in [5, 5.41) is 53.8. The number of aliphatic hydroxyl groups is 4. The maximum atomic E-state index is 15.6. The molecule has 426 valence electrons. The molecule has 81 heavy (non-hydrogen) atoms. The van der Waals surface area contributed by atoms with Crippen molar-refractivity contribution in [1.82, 2.24) is 5.32 Å². The Kier molecular flexibility index (Phi) is 26.2. The van der Waals surface area contributed by atoms with Crippen LogP contribution in [0.1, 0.15) is 131 Å². The van der Waals surface area contributed by atoms with Crippen molar-refractivity contribution in [2.75, 3.05) is 6.61 Å². The Bertz CT molecular complexity index is 2830. The summed E-state index contributed by atoms with van der Waals surface area (Å²) in [5.74, 6) is -5.86. The van der Waals surface area contributed by atoms with Crippen molar-refractivity contribution in [2.45, 2.75) is 153 Å². The minimum absolute atomic E-state index is 0. The fourth-order valence-electron chi connectivity index (χ4n) is 11.7. The second-order valence-electron chi connectivity index (χ2n) is 21.6. The fourth-order valence-corrected chi connectivity index (χ4v) is 11.7. The van der Waals surface area contributed by atoms with Gasteiger partial charge < -0.3 is 44.7 Å². The number of ketones is 1. The maximum absolute atomic E-state index is 15.6. The molecule has 14 nitrogen and oxygen atoms in total. The Balaban J connectivity index is 0.00000602. The summed E-state index contributed by atoms with van der Waals surface area (Å²) >= 11 is 0. The van der Waals surface area contributed by atoms with Crippen molar-refractivity contribution in [3.63, 3.8) is 0 Å². The van der Waals surface area contributed by atoms with Gasteiger partial charge in [0.1, 0.15) is 35.6 Å². The van der Waals surface area contributed by atoms with Crippen LogP contribution in [-0.4, -0.2) is 104 Å². The Hall–Kier alpha value is -3.93. The van der Waals surface area contributed by atoms with Gasteiger partial charge in [-0.1, -0.05) is 160 Å². The molecule has 4 aliphatic rings. The van der Waals surface area contributed by atoms with Crippen LogP contribution in [0.3, 0.4) is 0 Å². The van der Waals surface area contributed by atoms with Crippen molar-refractivity contribution in [2.24, 2.45) is 16.7 Å². The smallest absolute Gasteiger partial charge is 0.338 e. The van der Waals surface area contributed by atoms with E-state index in [2.05, 4.69) is 66.9 Å². The molecular weight excluding hydrogens is 1460 g/mol. The number of nitrogens with one attached hydrogen (secondary N) is 1. The number of ether oxygens (including phenoxy) is 4. The van der Waals surface area contributed by atoms with Crippen molar-refractivity contribution in [3.8, 4) is 0 Å². The number of benzene rings is 3. The number of fused-ring (bicyclic) bond motifs is 5. The minimum atomic E-state index is -2.38. The Morgan fingerprint density at radius 1 is 0.716 bits per heavy atom. The molecule has 3 aromatic rings. The summed E-state index contributed by atoms with van der Waals surface area (Å²) in [6.45, 7) is 7.89. The van der Waals surface area contributed by atoms with E-state index in [1.807, 2.05) is 18.2 Å². The molecular formula is C65H77Ac2NO13. The summed E-state index contributed by atoms with van der Waals surface area (Å²) in [7, 11) is 0. The molecule has 16 heteroatoms. The van der Waals surface area contributed by atoms with Gasteiger partial charge >= 0.3 is 17.9 Å². The van der Waals surface area contributed by atoms with Gasteiger partial charge in [0.25, 0.3) is 5.91 Å². The molecule has 11 unspecified atom stereocenters. The number of hydrogen-bond acceptors (Lipinski definition) is 13. The quantitative estimate of drug-likeness (QED) is 0.0340. The predicted octanol–water partition coefficient (Wildman–Crippen LogP) is 9.62. The molecule has 1 amide bonds. The van der Waals surface area contributed by atoms with Crippen LogP contribution in [0.15, 0.2) is 175 Å². The van der Waals surface area contributed by atoms with Gasteiger partial charge in [-0.25, -0.2) is 9.59 Å². The summed E-state index contributed by atoms with van der Waals surface area (Å²) in [6, 6.07) is 23.2. The first kappa shape index (κ1) is 67.9. The van der Waals surface area contributed by atoms with Gasteiger partial charge in [-0.05, 0) is 99.8 Å². The first-order chi connectivity index (χ1) is 37.9. The van der Waals surface area contributed by atoms with Crippen LogP contribution in [0.4, 0.5) is 0 Å². The first-order valence-electron chi connectivity index (χ1n) is 27.5. The van der Waals surface area contributed by atoms with E-state index in [4.69, 9.17) is 18.9 Å². The second-order valence-corrected chi connectivity index (χ2v) is 21.6. The summed E-state index contributed by atoms with van der Waals surface area (Å²) < 4.78 is 24.7. The first-order valence-corrected chi connectivity index (χ1v) is 27.5. The standard InChI is InChI=1S/C65H77NO13.2Ac/c1-6-7-8-9-10-11-12-13-14-15-16-17-18-19-20-21-22-23-33-40-51(67)78-49-41-50-64(74,43-76-50)56-58(79-60(72)47-38-31-26-32-39-47)65(75)42-48(44(2)52(62(65,3)4)54(68)57(70)63(49,56)5)77-61(73)55(69)53(45-34-27-24-28-35-45)66-59(71)46-36-29-25-30-37-46;;/h7-8,10-11,13-14,16-17,19-20,22-32,34-39,48-50,53-56,58,68-69,74-75H,6,9,12,15,18,21,33,40-43H2,1-5H3,(H,66,71);;/b8-7-,11-10-,14-13-,17-16-,20-19-,23-22-;;. The number of rotatable bonds is 23. The van der Waals surface area contributed by atoms with E-state index >= 15 is 4.79 Å². The number of Topliss-reactive ketones (excluding diaryl/α,β-unsaturated/α-hetero) is 1. The maximum Gasteiger partial charge on any atom is 0.338 e. The zero-order valence-corrected chi connectivity index (χ0v) is 56.6. The molecule has 5 N–H and O–H groups in total. The third-order valence-electron chi connectivity index (χ3n) is 16.3. The van der Waals surface area contributed by atoms with Crippen LogP contribution in [0, 0.1) is 105 Å². The molecule has 3 fully saturated rings. The molecule has 3 aromatic carbocycles. The molecule has 7 rings (SSSR count). The second kappa shape index (κ2) is 31.3. The minimum Gasteiger partial charge on any atom is -0.461 e. The molecule has 0 spiro atoms. The number of carbonyl (C=O) groups is 5. The Morgan fingerprint density at radius 2 is 1.22 bits per heavy atom. The van der Waals surface area contributed by atoms with E-state index in [0.717, 1.165) is 32.1 Å². The van der Waals surface area contributed by atoms with E-state index in [-0.39, 0.29) is 130 Å². The van der Waals surface area contributed by atoms with Gasteiger partial charge in [-0.3, -0.25) is 14.4 Å². The van der Waals surface area contributed by atoms with Crippen LogP contribution in [-0.2, 0) is 33.3 Å². The number of amides is 1. The molecule has 11 atom stereocenters. The molecule has 0 aromatic heterocycles. The number of allylic oxidation sites excluding steroid dienone is 12. The van der Waals surface area contributed by atoms with E-state index in [9.17, 15) is 39.6 Å². The molecule has 2 saturated carbocycles. The Morgan fingerprint density at radius 3 is 1.74 bits per heavy atom. The SMILES string of the molecule is CC/C=C\C/C=C\C/C=C\C/C=C\C/C=C\C/C=C\CCC(=O)OC1CC2OCC2(O)C2C(OC(=O)c3ccccc3)C3(O)CC(OC(=O)C(O)C(NC(=O)c4ccccc4)c4ccccc4)C(C)=C(C(O)C(=O)C12C)C3(C)C.[Ac].[Ac]. The summed E-state index contributed by atoms with van der Waals surface area (Å²) in [4.78, 5) is 71.8. The van der Waals surface area contributed by atoms with Crippen LogP contribution < -0.4 is 5.32 Å². The normalized spacial score (nSPS) is 27.6. The fraction of sp³-hybridized carbons (Fsp3) is 0.431. The number of hydrogen-bond donors (Lipinski definition) is 5. The van der Waals surface area contributed by atoms with E-state index in [1.54, 1.807) is 92.7 Å². The molecule has 1 aliphatic heterocycles. The van der Waals surface area contributed by atoms with Gasteiger partial charge in [-0.2, -0.15) is 0 Å². The Labute approximate surface area is 548 Å². The van der Waals surface area contributed by atoms with Crippen molar-refractivity contribution < 1.29 is 151 Å². The van der Waals surface area contributed by atoms with Crippen molar-refractivity contribution >= 4 is 29.6 Å². The van der Waals surface area contributed by atoms with Gasteiger partial charge in [-0.15, -0.1) is 0 Å². The van der Waals surface area contributed by atoms with Crippen LogP contribution in [0.25, 0.3) is 0 Å². The molecule has 1 heterocycles. The van der Waals surface area contributed by atoms with Crippen molar-refractivity contribution in [3.05, 3.63) is 192 Å². The van der Waals surface area contributed by atoms with Crippen LogP contribution in [0.2, 0.25) is 0 Å². The van der Waals surface area contributed by atoms with Crippen LogP contribution in [0.5, 0.6) is 0 Å². The van der Waals surface area contributed by atoms with Gasteiger partial charge in [0.2, 0.25) is 0 Å². The molecule has 2 bridgehead atoms. The average Bonchev–Trinajstić information content (AvgIpc) is 2.31.